The zero-order valence-corrected chi connectivity index (χ0v) is 19.2. The SMILES string of the molecule is C/C(CCC(C)C)=N\NC(=O)c1ccc(CN(C)S(=O)(=O)c2ccc(C)cc2)cc1. The summed E-state index contributed by atoms with van der Waals surface area (Å²) >= 11 is 0. The van der Waals surface area contributed by atoms with Crippen molar-refractivity contribution in [2.75, 3.05) is 7.05 Å². The standard InChI is InChI=1S/C23H31N3O3S/c1-17(2)6-9-19(4)24-25-23(27)21-12-10-20(11-13-21)16-26(5)30(28,29)22-14-7-18(3)8-15-22/h7-8,10-15,17H,6,9,16H2,1-5H3,(H,25,27)/b24-19+. The number of benzene rings is 2. The number of nitrogens with zero attached hydrogens (tertiary/aromatic N) is 2. The third kappa shape index (κ3) is 6.78. The van der Waals surface area contributed by atoms with Crippen molar-refractivity contribution < 1.29 is 13.2 Å². The first-order valence-corrected chi connectivity index (χ1v) is 11.5. The molecular formula is C23H31N3O3S. The summed E-state index contributed by atoms with van der Waals surface area (Å²) in [5.74, 6) is 0.303. The van der Waals surface area contributed by atoms with Crippen LogP contribution in [0.2, 0.25) is 0 Å². The number of carbonyl (C=O) groups is 1. The van der Waals surface area contributed by atoms with Gasteiger partial charge in [-0.2, -0.15) is 9.41 Å². The normalized spacial score (nSPS) is 12.4. The first kappa shape index (κ1) is 23.8. The van der Waals surface area contributed by atoms with Crippen LogP contribution in [0.1, 0.15) is 55.1 Å². The van der Waals surface area contributed by atoms with Gasteiger partial charge in [-0.05, 0) is 62.4 Å². The smallest absolute Gasteiger partial charge is 0.267 e. The predicted molar refractivity (Wildman–Crippen MR) is 121 cm³/mol. The van der Waals surface area contributed by atoms with E-state index in [2.05, 4.69) is 24.4 Å². The van der Waals surface area contributed by atoms with E-state index < -0.39 is 10.0 Å². The second kappa shape index (κ2) is 10.5. The minimum atomic E-state index is -3.57. The number of hydrogen-bond donors (Lipinski definition) is 1. The van der Waals surface area contributed by atoms with Gasteiger partial charge in [0.1, 0.15) is 0 Å². The molecular weight excluding hydrogens is 398 g/mol. The van der Waals surface area contributed by atoms with Crippen LogP contribution in [-0.4, -0.2) is 31.4 Å². The van der Waals surface area contributed by atoms with Gasteiger partial charge in [-0.25, -0.2) is 13.8 Å². The summed E-state index contributed by atoms with van der Waals surface area (Å²) in [6, 6.07) is 13.6. The Bertz CT molecular complexity index is 979. The topological polar surface area (TPSA) is 78.8 Å². The van der Waals surface area contributed by atoms with Crippen molar-refractivity contribution in [3.05, 3.63) is 65.2 Å². The molecule has 30 heavy (non-hydrogen) atoms. The van der Waals surface area contributed by atoms with Gasteiger partial charge in [-0.3, -0.25) is 4.79 Å². The molecule has 0 unspecified atom stereocenters. The van der Waals surface area contributed by atoms with Crippen LogP contribution in [0, 0.1) is 12.8 Å². The molecule has 0 aliphatic carbocycles. The summed E-state index contributed by atoms with van der Waals surface area (Å²) in [6.07, 6.45) is 1.87. The Labute approximate surface area is 180 Å². The highest BCUT2D eigenvalue weighted by Gasteiger charge is 2.20. The number of nitrogens with one attached hydrogen (secondary N) is 1. The van der Waals surface area contributed by atoms with Gasteiger partial charge >= 0.3 is 0 Å². The minimum Gasteiger partial charge on any atom is -0.267 e. The van der Waals surface area contributed by atoms with Crippen molar-refractivity contribution in [2.45, 2.75) is 52.0 Å². The molecule has 0 saturated carbocycles. The van der Waals surface area contributed by atoms with Crippen LogP contribution in [0.25, 0.3) is 0 Å². The molecule has 0 aromatic heterocycles. The summed E-state index contributed by atoms with van der Waals surface area (Å²) in [6.45, 7) is 8.32. The Morgan fingerprint density at radius 3 is 2.23 bits per heavy atom. The second-order valence-corrected chi connectivity index (χ2v) is 10.0. The van der Waals surface area contributed by atoms with Crippen LogP contribution in [0.3, 0.4) is 0 Å². The molecule has 0 radical (unpaired) electrons. The predicted octanol–water partition coefficient (Wildman–Crippen LogP) is 4.36. The first-order chi connectivity index (χ1) is 14.1. The molecule has 0 heterocycles. The zero-order valence-electron chi connectivity index (χ0n) is 18.3. The molecule has 0 saturated heterocycles. The van der Waals surface area contributed by atoms with Crippen molar-refractivity contribution in [1.29, 1.82) is 0 Å². The van der Waals surface area contributed by atoms with Crippen LogP contribution in [-0.2, 0) is 16.6 Å². The Morgan fingerprint density at radius 2 is 1.67 bits per heavy atom. The van der Waals surface area contributed by atoms with Crippen LogP contribution in [0.4, 0.5) is 0 Å². The molecule has 0 spiro atoms. The van der Waals surface area contributed by atoms with E-state index in [0.717, 1.165) is 29.7 Å². The molecule has 0 aliphatic heterocycles. The van der Waals surface area contributed by atoms with Gasteiger partial charge < -0.3 is 0 Å². The average Bonchev–Trinajstić information content (AvgIpc) is 2.71. The lowest BCUT2D eigenvalue weighted by atomic mass is 10.1. The highest BCUT2D eigenvalue weighted by atomic mass is 32.2. The fraction of sp³-hybridized carbons (Fsp3) is 0.391. The van der Waals surface area contributed by atoms with E-state index in [0.29, 0.717) is 11.5 Å². The Hall–Kier alpha value is -2.51. The van der Waals surface area contributed by atoms with Crippen molar-refractivity contribution >= 4 is 21.6 Å². The lowest BCUT2D eigenvalue weighted by Crippen LogP contribution is -2.26. The molecule has 2 rings (SSSR count). The zero-order chi connectivity index (χ0) is 22.3. The molecule has 7 heteroatoms. The van der Waals surface area contributed by atoms with Crippen molar-refractivity contribution in [3.8, 4) is 0 Å². The maximum atomic E-state index is 12.7. The Morgan fingerprint density at radius 1 is 1.07 bits per heavy atom. The third-order valence-corrected chi connectivity index (χ3v) is 6.60. The van der Waals surface area contributed by atoms with E-state index >= 15 is 0 Å². The van der Waals surface area contributed by atoms with E-state index in [1.165, 1.54) is 4.31 Å². The van der Waals surface area contributed by atoms with Crippen LogP contribution in [0.15, 0.2) is 58.5 Å². The van der Waals surface area contributed by atoms with Gasteiger partial charge in [0, 0.05) is 24.9 Å². The summed E-state index contributed by atoms with van der Waals surface area (Å²) < 4.78 is 26.7. The number of rotatable bonds is 9. The molecule has 1 N–H and O–H groups in total. The van der Waals surface area contributed by atoms with E-state index in [1.807, 2.05) is 13.8 Å². The van der Waals surface area contributed by atoms with Gasteiger partial charge in [-0.1, -0.05) is 43.7 Å². The van der Waals surface area contributed by atoms with Crippen molar-refractivity contribution in [2.24, 2.45) is 11.0 Å². The van der Waals surface area contributed by atoms with E-state index in [9.17, 15) is 13.2 Å². The maximum Gasteiger partial charge on any atom is 0.271 e. The van der Waals surface area contributed by atoms with Crippen LogP contribution in [0.5, 0.6) is 0 Å². The molecule has 162 valence electrons. The Balaban J connectivity index is 1.99. The highest BCUT2D eigenvalue weighted by molar-refractivity contribution is 7.89. The lowest BCUT2D eigenvalue weighted by Gasteiger charge is -2.17. The van der Waals surface area contributed by atoms with Crippen LogP contribution >= 0.6 is 0 Å². The third-order valence-electron chi connectivity index (χ3n) is 4.78. The van der Waals surface area contributed by atoms with E-state index in [4.69, 9.17) is 0 Å². The average molecular weight is 430 g/mol. The number of hydrogen-bond acceptors (Lipinski definition) is 4. The second-order valence-electron chi connectivity index (χ2n) is 7.99. The number of aryl methyl sites for hydroxylation is 1. The monoisotopic (exact) mass is 429 g/mol. The quantitative estimate of drug-likeness (QED) is 0.475. The fourth-order valence-corrected chi connectivity index (χ4v) is 3.92. The molecule has 0 atom stereocenters. The lowest BCUT2D eigenvalue weighted by molar-refractivity contribution is 0.0954. The fourth-order valence-electron chi connectivity index (χ4n) is 2.76. The molecule has 0 fully saturated rings. The van der Waals surface area contributed by atoms with Gasteiger partial charge in [0.25, 0.3) is 5.91 Å². The summed E-state index contributed by atoms with van der Waals surface area (Å²) in [5, 5.41) is 4.14. The molecule has 2 aromatic rings. The maximum absolute atomic E-state index is 12.7. The Kier molecular flexibility index (Phi) is 8.32. The van der Waals surface area contributed by atoms with Gasteiger partial charge in [0.15, 0.2) is 0 Å². The molecule has 1 amide bonds. The molecule has 2 aromatic carbocycles. The van der Waals surface area contributed by atoms with E-state index in [1.54, 1.807) is 55.6 Å². The van der Waals surface area contributed by atoms with E-state index in [-0.39, 0.29) is 17.3 Å². The minimum absolute atomic E-state index is 0.213. The van der Waals surface area contributed by atoms with Gasteiger partial charge in [0.05, 0.1) is 4.90 Å². The summed E-state index contributed by atoms with van der Waals surface area (Å²) in [5.41, 5.74) is 5.73. The highest BCUT2D eigenvalue weighted by Crippen LogP contribution is 2.17. The summed E-state index contributed by atoms with van der Waals surface area (Å²) in [4.78, 5) is 12.5. The van der Waals surface area contributed by atoms with Crippen molar-refractivity contribution in [1.82, 2.24) is 9.73 Å². The summed E-state index contributed by atoms with van der Waals surface area (Å²) in [7, 11) is -2.03. The number of hydrazone groups is 1. The van der Waals surface area contributed by atoms with Crippen LogP contribution < -0.4 is 5.43 Å². The largest absolute Gasteiger partial charge is 0.271 e. The number of amides is 1. The first-order valence-electron chi connectivity index (χ1n) is 10.0. The number of carbonyl (C=O) groups excluding carboxylic acids is 1. The van der Waals surface area contributed by atoms with Crippen molar-refractivity contribution in [3.63, 3.8) is 0 Å². The molecule has 0 aliphatic rings. The number of sulfonamides is 1. The molecule has 6 nitrogen and oxygen atoms in total. The van der Waals surface area contributed by atoms with Gasteiger partial charge in [0.2, 0.25) is 10.0 Å². The van der Waals surface area contributed by atoms with Gasteiger partial charge in [-0.15, -0.1) is 0 Å². The molecule has 0 bridgehead atoms.